The maximum Gasteiger partial charge on any atom is 0.187 e. The first-order valence-electron chi connectivity index (χ1n) is 9.85. The molecule has 14 heteroatoms. The minimum atomic E-state index is -1.82. The molecule has 0 aromatic carbocycles. The van der Waals surface area contributed by atoms with Crippen LogP contribution in [0.25, 0.3) is 0 Å². The number of aliphatic hydroxyl groups excluding tert-OH is 9. The monoisotopic (exact) mass is 458 g/mol. The summed E-state index contributed by atoms with van der Waals surface area (Å²) in [6.07, 6.45) is -21.5. The minimum Gasteiger partial charge on any atom is -0.394 e. The second-order valence-corrected chi connectivity index (χ2v) is 7.87. The van der Waals surface area contributed by atoms with Crippen LogP contribution in [-0.2, 0) is 23.7 Å². The highest BCUT2D eigenvalue weighted by Crippen LogP contribution is 2.31. The molecule has 3 aliphatic heterocycles. The van der Waals surface area contributed by atoms with E-state index in [9.17, 15) is 46.0 Å². The zero-order chi connectivity index (χ0) is 23.0. The average molecular weight is 458 g/mol. The van der Waals surface area contributed by atoms with Gasteiger partial charge in [-0.15, -0.1) is 0 Å². The highest BCUT2D eigenvalue weighted by Gasteiger charge is 2.52. The summed E-state index contributed by atoms with van der Waals surface area (Å²) in [5.74, 6) is 0. The molecule has 0 aliphatic carbocycles. The summed E-state index contributed by atoms with van der Waals surface area (Å²) in [6.45, 7) is 0.296. The Balaban J connectivity index is 1.79. The molecule has 3 fully saturated rings. The molecule has 0 aromatic rings. The molecule has 3 saturated heterocycles. The predicted octanol–water partition coefficient (Wildman–Crippen LogP) is -5.91. The first-order valence-corrected chi connectivity index (χ1v) is 9.85. The van der Waals surface area contributed by atoms with Crippen LogP contribution >= 0.6 is 0 Å². The van der Waals surface area contributed by atoms with Crippen LogP contribution in [0.2, 0.25) is 0 Å². The van der Waals surface area contributed by atoms with Crippen molar-refractivity contribution in [2.75, 3.05) is 13.2 Å². The topological polar surface area (TPSA) is 228 Å². The Kier molecular flexibility index (Phi) is 8.21. The lowest BCUT2D eigenvalue weighted by Gasteiger charge is -2.47. The first kappa shape index (κ1) is 25.1. The molecule has 31 heavy (non-hydrogen) atoms. The van der Waals surface area contributed by atoms with Gasteiger partial charge in [0.15, 0.2) is 18.9 Å². The minimum absolute atomic E-state index is 0.397. The van der Waals surface area contributed by atoms with Crippen molar-refractivity contribution < 1.29 is 69.6 Å². The lowest BCUT2D eigenvalue weighted by Crippen LogP contribution is -2.65. The quantitative estimate of drug-likeness (QED) is 0.187. The van der Waals surface area contributed by atoms with Gasteiger partial charge in [-0.2, -0.15) is 0 Å². The summed E-state index contributed by atoms with van der Waals surface area (Å²) in [4.78, 5) is 0. The molecule has 0 aromatic heterocycles. The van der Waals surface area contributed by atoms with E-state index in [0.29, 0.717) is 0 Å². The van der Waals surface area contributed by atoms with Crippen molar-refractivity contribution in [3.05, 3.63) is 0 Å². The molecule has 14 atom stereocenters. The Labute approximate surface area is 176 Å². The van der Waals surface area contributed by atoms with Gasteiger partial charge in [0.1, 0.15) is 61.0 Å². The first-order chi connectivity index (χ1) is 14.6. The number of aliphatic hydroxyl groups is 9. The van der Waals surface area contributed by atoms with Gasteiger partial charge in [-0.05, 0) is 6.92 Å². The van der Waals surface area contributed by atoms with E-state index in [1.165, 1.54) is 6.92 Å². The van der Waals surface area contributed by atoms with E-state index in [1.807, 2.05) is 0 Å². The number of rotatable bonds is 5. The molecule has 0 saturated carbocycles. The Hall–Kier alpha value is -0.560. The van der Waals surface area contributed by atoms with Gasteiger partial charge in [-0.3, -0.25) is 0 Å². The maximum absolute atomic E-state index is 10.6. The largest absolute Gasteiger partial charge is 0.394 e. The average Bonchev–Trinajstić information content (AvgIpc) is 2.74. The third-order valence-electron chi connectivity index (χ3n) is 5.66. The molecule has 1 unspecified atom stereocenters. The van der Waals surface area contributed by atoms with Gasteiger partial charge in [-0.25, -0.2) is 0 Å². The molecule has 0 bridgehead atoms. The van der Waals surface area contributed by atoms with E-state index in [1.54, 1.807) is 0 Å². The highest BCUT2D eigenvalue weighted by atomic mass is 16.8. The lowest BCUT2D eigenvalue weighted by molar-refractivity contribution is -0.381. The van der Waals surface area contributed by atoms with Gasteiger partial charge < -0.3 is 69.6 Å². The zero-order valence-electron chi connectivity index (χ0n) is 16.6. The SMILES string of the molecule is C[C@@H]1O[C@@H](O[C@H]2C(O)O[C@H](CO)[C@H](O)[C@@H]2O[C@@H]2OC[C@@H](O)[C@H](O)[C@H]2O)[C@H](O)[C@H](O)[C@H]1O. The summed E-state index contributed by atoms with van der Waals surface area (Å²) >= 11 is 0. The highest BCUT2D eigenvalue weighted by molar-refractivity contribution is 4.95. The van der Waals surface area contributed by atoms with Gasteiger partial charge in [0.25, 0.3) is 0 Å². The van der Waals surface area contributed by atoms with Gasteiger partial charge in [0.2, 0.25) is 0 Å². The standard InChI is InChI=1S/C17H30O14/c1-4-7(20)10(23)12(25)17(28-4)31-14-13(9(22)6(2-18)29-15(14)26)30-16-11(24)8(21)5(19)3-27-16/h4-26H,2-3H2,1H3/t4-,5+,6+,7-,8-,9-,10+,11+,12+,13-,14+,15?,16-,17-/m0/s1. The van der Waals surface area contributed by atoms with Crippen LogP contribution in [0, 0.1) is 0 Å². The Morgan fingerprint density at radius 3 is 1.97 bits per heavy atom. The Morgan fingerprint density at radius 1 is 0.710 bits per heavy atom. The molecule has 9 N–H and O–H groups in total. The summed E-state index contributed by atoms with van der Waals surface area (Å²) in [7, 11) is 0. The fourth-order valence-electron chi connectivity index (χ4n) is 3.69. The zero-order valence-corrected chi connectivity index (χ0v) is 16.6. The van der Waals surface area contributed by atoms with Crippen molar-refractivity contribution in [3.63, 3.8) is 0 Å². The fourth-order valence-corrected chi connectivity index (χ4v) is 3.69. The summed E-state index contributed by atoms with van der Waals surface area (Å²) in [5, 5.41) is 89.8. The van der Waals surface area contributed by atoms with Gasteiger partial charge >= 0.3 is 0 Å². The van der Waals surface area contributed by atoms with Gasteiger partial charge in [0.05, 0.1) is 19.3 Å². The Bertz CT molecular complexity index is 581. The molecule has 14 nitrogen and oxygen atoms in total. The van der Waals surface area contributed by atoms with Crippen molar-refractivity contribution >= 4 is 0 Å². The number of hydrogen-bond acceptors (Lipinski definition) is 14. The molecule has 0 radical (unpaired) electrons. The van der Waals surface area contributed by atoms with E-state index in [0.717, 1.165) is 0 Å². The van der Waals surface area contributed by atoms with Crippen LogP contribution in [0.1, 0.15) is 6.92 Å². The maximum atomic E-state index is 10.6. The van der Waals surface area contributed by atoms with Gasteiger partial charge in [-0.1, -0.05) is 0 Å². The second-order valence-electron chi connectivity index (χ2n) is 7.87. The van der Waals surface area contributed by atoms with E-state index in [2.05, 4.69) is 0 Å². The van der Waals surface area contributed by atoms with E-state index in [-0.39, 0.29) is 0 Å². The molecule has 3 rings (SSSR count). The third-order valence-corrected chi connectivity index (χ3v) is 5.66. The van der Waals surface area contributed by atoms with Crippen LogP contribution in [0.5, 0.6) is 0 Å². The molecule has 182 valence electrons. The van der Waals surface area contributed by atoms with Crippen molar-refractivity contribution in [2.45, 2.75) is 92.9 Å². The van der Waals surface area contributed by atoms with E-state index >= 15 is 0 Å². The summed E-state index contributed by atoms with van der Waals surface area (Å²) in [6, 6.07) is 0. The normalized spacial score (nSPS) is 54.0. The lowest BCUT2D eigenvalue weighted by atomic mass is 9.97. The van der Waals surface area contributed by atoms with Crippen LogP contribution < -0.4 is 0 Å². The molecule has 0 spiro atoms. The molecule has 3 heterocycles. The van der Waals surface area contributed by atoms with Crippen molar-refractivity contribution in [1.82, 2.24) is 0 Å². The second kappa shape index (κ2) is 10.1. The van der Waals surface area contributed by atoms with Crippen LogP contribution in [0.4, 0.5) is 0 Å². The van der Waals surface area contributed by atoms with Gasteiger partial charge in [0, 0.05) is 0 Å². The van der Waals surface area contributed by atoms with Crippen LogP contribution in [-0.4, -0.2) is 145 Å². The number of ether oxygens (including phenoxy) is 5. The van der Waals surface area contributed by atoms with Crippen LogP contribution in [0.15, 0.2) is 0 Å². The van der Waals surface area contributed by atoms with E-state index in [4.69, 9.17) is 23.7 Å². The van der Waals surface area contributed by atoms with E-state index < -0.39 is 99.2 Å². The summed E-state index contributed by atoms with van der Waals surface area (Å²) in [5.41, 5.74) is 0. The summed E-state index contributed by atoms with van der Waals surface area (Å²) < 4.78 is 26.6. The fraction of sp³-hybridized carbons (Fsp3) is 1.00. The third kappa shape index (κ3) is 5.02. The van der Waals surface area contributed by atoms with Crippen molar-refractivity contribution in [1.29, 1.82) is 0 Å². The predicted molar refractivity (Wildman–Crippen MR) is 93.8 cm³/mol. The smallest absolute Gasteiger partial charge is 0.187 e. The molecular formula is C17H30O14. The number of hydrogen-bond donors (Lipinski definition) is 9. The van der Waals surface area contributed by atoms with Crippen molar-refractivity contribution in [2.24, 2.45) is 0 Å². The molecule has 3 aliphatic rings. The van der Waals surface area contributed by atoms with Crippen molar-refractivity contribution in [3.8, 4) is 0 Å². The Morgan fingerprint density at radius 2 is 1.32 bits per heavy atom. The molecular weight excluding hydrogens is 428 g/mol. The molecule has 0 amide bonds. The van der Waals surface area contributed by atoms with Crippen LogP contribution in [0.3, 0.4) is 0 Å².